The van der Waals surface area contributed by atoms with Gasteiger partial charge in [-0.05, 0) is 26.0 Å². The van der Waals surface area contributed by atoms with Gasteiger partial charge in [-0.3, -0.25) is 4.79 Å². The SMILES string of the molecule is CCNc1ccc(C)cc1C(=O)NCCS(N)(=O)=O. The summed E-state index contributed by atoms with van der Waals surface area (Å²) in [5, 5.41) is 10.5. The number of hydrogen-bond acceptors (Lipinski definition) is 4. The van der Waals surface area contributed by atoms with Gasteiger partial charge in [0.15, 0.2) is 0 Å². The summed E-state index contributed by atoms with van der Waals surface area (Å²) >= 11 is 0. The average molecular weight is 285 g/mol. The number of hydrogen-bond donors (Lipinski definition) is 3. The first kappa shape index (κ1) is 15.5. The Bertz CT molecular complexity index is 555. The first-order valence-electron chi connectivity index (χ1n) is 5.96. The molecule has 0 aliphatic carbocycles. The maximum Gasteiger partial charge on any atom is 0.253 e. The second-order valence-electron chi connectivity index (χ2n) is 4.20. The smallest absolute Gasteiger partial charge is 0.253 e. The largest absolute Gasteiger partial charge is 0.385 e. The Hall–Kier alpha value is -1.60. The van der Waals surface area contributed by atoms with E-state index in [4.69, 9.17) is 5.14 Å². The molecule has 0 saturated heterocycles. The first-order chi connectivity index (χ1) is 8.83. The van der Waals surface area contributed by atoms with Gasteiger partial charge in [0.2, 0.25) is 10.0 Å². The maximum absolute atomic E-state index is 12.0. The van der Waals surface area contributed by atoms with Gasteiger partial charge in [0.05, 0.1) is 11.3 Å². The normalized spacial score (nSPS) is 11.1. The average Bonchev–Trinajstić information content (AvgIpc) is 2.30. The highest BCUT2D eigenvalue weighted by molar-refractivity contribution is 7.89. The highest BCUT2D eigenvalue weighted by Crippen LogP contribution is 2.17. The molecular formula is C12H19N3O3S. The van der Waals surface area contributed by atoms with Crippen LogP contribution in [0.5, 0.6) is 0 Å². The van der Waals surface area contributed by atoms with Gasteiger partial charge in [-0.1, -0.05) is 11.6 Å². The molecule has 7 heteroatoms. The molecule has 106 valence electrons. The van der Waals surface area contributed by atoms with Crippen molar-refractivity contribution in [3.63, 3.8) is 0 Å². The van der Waals surface area contributed by atoms with Crippen molar-refractivity contribution in [1.29, 1.82) is 0 Å². The molecule has 0 atom stereocenters. The quantitative estimate of drug-likeness (QED) is 0.706. The van der Waals surface area contributed by atoms with Gasteiger partial charge >= 0.3 is 0 Å². The fourth-order valence-corrected chi connectivity index (χ4v) is 1.98. The zero-order chi connectivity index (χ0) is 14.5. The van der Waals surface area contributed by atoms with E-state index in [1.807, 2.05) is 26.0 Å². The summed E-state index contributed by atoms with van der Waals surface area (Å²) in [5.41, 5.74) is 2.18. The van der Waals surface area contributed by atoms with Crippen LogP contribution in [0.25, 0.3) is 0 Å². The predicted molar refractivity (Wildman–Crippen MR) is 75.7 cm³/mol. The van der Waals surface area contributed by atoms with Crippen LogP contribution in [0, 0.1) is 6.92 Å². The Morgan fingerprint density at radius 1 is 1.37 bits per heavy atom. The van der Waals surface area contributed by atoms with E-state index in [0.29, 0.717) is 12.1 Å². The highest BCUT2D eigenvalue weighted by atomic mass is 32.2. The summed E-state index contributed by atoms with van der Waals surface area (Å²) in [5.74, 6) is -0.593. The van der Waals surface area contributed by atoms with Crippen LogP contribution in [-0.4, -0.2) is 33.2 Å². The standard InChI is InChI=1S/C12H19N3O3S/c1-3-14-11-5-4-9(2)8-10(11)12(16)15-6-7-19(13,17)18/h4-5,8,14H,3,6-7H2,1-2H3,(H,15,16)(H2,13,17,18). The molecule has 0 heterocycles. The summed E-state index contributed by atoms with van der Waals surface area (Å²) in [6.45, 7) is 4.51. The minimum atomic E-state index is -3.56. The number of primary sulfonamides is 1. The number of rotatable bonds is 6. The van der Waals surface area contributed by atoms with Gasteiger partial charge in [0.1, 0.15) is 0 Å². The third kappa shape index (κ3) is 5.27. The van der Waals surface area contributed by atoms with Crippen molar-refractivity contribution in [3.8, 4) is 0 Å². The number of aryl methyl sites for hydroxylation is 1. The van der Waals surface area contributed by atoms with E-state index in [-0.39, 0.29) is 18.2 Å². The summed E-state index contributed by atoms with van der Waals surface area (Å²) in [7, 11) is -3.56. The second kappa shape index (κ2) is 6.53. The molecular weight excluding hydrogens is 266 g/mol. The number of nitrogens with one attached hydrogen (secondary N) is 2. The Labute approximate surface area is 113 Å². The summed E-state index contributed by atoms with van der Waals surface area (Å²) in [4.78, 5) is 12.0. The zero-order valence-electron chi connectivity index (χ0n) is 11.1. The monoisotopic (exact) mass is 285 g/mol. The van der Waals surface area contributed by atoms with Crippen LogP contribution < -0.4 is 15.8 Å². The number of benzene rings is 1. The lowest BCUT2D eigenvalue weighted by Crippen LogP contribution is -2.31. The minimum Gasteiger partial charge on any atom is -0.385 e. The van der Waals surface area contributed by atoms with Gasteiger partial charge in [-0.2, -0.15) is 0 Å². The molecule has 1 rings (SSSR count). The molecule has 19 heavy (non-hydrogen) atoms. The van der Waals surface area contributed by atoms with Crippen molar-refractivity contribution in [1.82, 2.24) is 5.32 Å². The molecule has 4 N–H and O–H groups in total. The van der Waals surface area contributed by atoms with Crippen molar-refractivity contribution in [2.75, 3.05) is 24.2 Å². The second-order valence-corrected chi connectivity index (χ2v) is 5.94. The van der Waals surface area contributed by atoms with Crippen molar-refractivity contribution in [2.45, 2.75) is 13.8 Å². The van der Waals surface area contributed by atoms with Gasteiger partial charge in [0.25, 0.3) is 5.91 Å². The topological polar surface area (TPSA) is 101 Å². The lowest BCUT2D eigenvalue weighted by Gasteiger charge is -2.11. The Morgan fingerprint density at radius 2 is 2.05 bits per heavy atom. The van der Waals surface area contributed by atoms with Crippen LogP contribution in [0.1, 0.15) is 22.8 Å². The number of carbonyl (C=O) groups excluding carboxylic acids is 1. The van der Waals surface area contributed by atoms with Gasteiger partial charge < -0.3 is 10.6 Å². The van der Waals surface area contributed by atoms with E-state index in [0.717, 1.165) is 11.3 Å². The molecule has 0 aromatic heterocycles. The molecule has 0 aliphatic heterocycles. The summed E-state index contributed by atoms with van der Waals surface area (Å²) in [6, 6.07) is 5.48. The maximum atomic E-state index is 12.0. The third-order valence-corrected chi connectivity index (χ3v) is 3.23. The van der Waals surface area contributed by atoms with Crippen molar-refractivity contribution in [3.05, 3.63) is 29.3 Å². The van der Waals surface area contributed by atoms with Gasteiger partial charge in [0, 0.05) is 18.8 Å². The van der Waals surface area contributed by atoms with E-state index >= 15 is 0 Å². The molecule has 0 aliphatic rings. The highest BCUT2D eigenvalue weighted by Gasteiger charge is 2.12. The Morgan fingerprint density at radius 3 is 2.63 bits per heavy atom. The van der Waals surface area contributed by atoms with Crippen LogP contribution in [0.15, 0.2) is 18.2 Å². The molecule has 0 spiro atoms. The molecule has 1 aromatic rings. The van der Waals surface area contributed by atoms with Crippen molar-refractivity contribution >= 4 is 21.6 Å². The first-order valence-corrected chi connectivity index (χ1v) is 7.68. The van der Waals surface area contributed by atoms with E-state index in [1.165, 1.54) is 0 Å². The molecule has 1 aromatic carbocycles. The van der Waals surface area contributed by atoms with Crippen molar-refractivity contribution < 1.29 is 13.2 Å². The zero-order valence-corrected chi connectivity index (χ0v) is 11.9. The van der Waals surface area contributed by atoms with E-state index in [1.54, 1.807) is 6.07 Å². The molecule has 0 radical (unpaired) electrons. The van der Waals surface area contributed by atoms with E-state index < -0.39 is 10.0 Å². The number of carbonyl (C=O) groups is 1. The molecule has 1 amide bonds. The lowest BCUT2D eigenvalue weighted by molar-refractivity contribution is 0.0957. The minimum absolute atomic E-state index is 0.00280. The number of nitrogens with two attached hydrogens (primary N) is 1. The molecule has 0 bridgehead atoms. The van der Waals surface area contributed by atoms with Crippen molar-refractivity contribution in [2.24, 2.45) is 5.14 Å². The van der Waals surface area contributed by atoms with Crippen LogP contribution in [0.3, 0.4) is 0 Å². The predicted octanol–water partition coefficient (Wildman–Crippen LogP) is 0.445. The lowest BCUT2D eigenvalue weighted by atomic mass is 10.1. The molecule has 0 fully saturated rings. The van der Waals surface area contributed by atoms with E-state index in [2.05, 4.69) is 10.6 Å². The number of sulfonamides is 1. The summed E-state index contributed by atoms with van der Waals surface area (Å²) in [6.07, 6.45) is 0. The molecule has 0 saturated carbocycles. The fraction of sp³-hybridized carbons (Fsp3) is 0.417. The Balaban J connectivity index is 2.78. The molecule has 0 unspecified atom stereocenters. The third-order valence-electron chi connectivity index (χ3n) is 2.46. The fourth-order valence-electron chi connectivity index (χ4n) is 1.59. The number of amides is 1. The Kier molecular flexibility index (Phi) is 5.31. The summed E-state index contributed by atoms with van der Waals surface area (Å²) < 4.78 is 21.6. The van der Waals surface area contributed by atoms with Crippen LogP contribution in [0.2, 0.25) is 0 Å². The van der Waals surface area contributed by atoms with Gasteiger partial charge in [-0.15, -0.1) is 0 Å². The number of anilines is 1. The van der Waals surface area contributed by atoms with Crippen LogP contribution in [0.4, 0.5) is 5.69 Å². The van der Waals surface area contributed by atoms with E-state index in [9.17, 15) is 13.2 Å². The molecule has 6 nitrogen and oxygen atoms in total. The van der Waals surface area contributed by atoms with Gasteiger partial charge in [-0.25, -0.2) is 13.6 Å². The van der Waals surface area contributed by atoms with Crippen LogP contribution in [-0.2, 0) is 10.0 Å². The van der Waals surface area contributed by atoms with Crippen LogP contribution >= 0.6 is 0 Å².